The fourth-order valence-electron chi connectivity index (χ4n) is 2.95. The highest BCUT2D eigenvalue weighted by molar-refractivity contribution is 5.20. The van der Waals surface area contributed by atoms with Crippen LogP contribution in [0.3, 0.4) is 0 Å². The molecule has 1 N–H and O–H groups in total. The quantitative estimate of drug-likeness (QED) is 0.892. The molecule has 1 aliphatic rings. The Morgan fingerprint density at radius 2 is 2.00 bits per heavy atom. The van der Waals surface area contributed by atoms with E-state index in [9.17, 15) is 0 Å². The van der Waals surface area contributed by atoms with Crippen molar-refractivity contribution in [3.05, 3.63) is 35.9 Å². The van der Waals surface area contributed by atoms with Gasteiger partial charge in [0.15, 0.2) is 0 Å². The zero-order valence-electron chi connectivity index (χ0n) is 12.8. The Morgan fingerprint density at radius 3 is 2.58 bits per heavy atom. The molecule has 1 aliphatic heterocycles. The van der Waals surface area contributed by atoms with Gasteiger partial charge >= 0.3 is 0 Å². The van der Waals surface area contributed by atoms with Crippen molar-refractivity contribution in [3.8, 4) is 0 Å². The van der Waals surface area contributed by atoms with Gasteiger partial charge in [-0.25, -0.2) is 0 Å². The third-order valence-electron chi connectivity index (χ3n) is 4.44. The summed E-state index contributed by atoms with van der Waals surface area (Å²) < 4.78 is 0. The maximum absolute atomic E-state index is 3.74. The predicted octanol–water partition coefficient (Wildman–Crippen LogP) is 3.46. The molecule has 0 saturated carbocycles. The van der Waals surface area contributed by atoms with Gasteiger partial charge in [0.25, 0.3) is 0 Å². The molecule has 1 heterocycles. The Hall–Kier alpha value is -0.860. The molecule has 2 rings (SSSR count). The number of nitrogens with zero attached hydrogens (tertiary/aromatic N) is 1. The second-order valence-corrected chi connectivity index (χ2v) is 6.49. The molecule has 0 radical (unpaired) electrons. The van der Waals surface area contributed by atoms with Gasteiger partial charge in [0.1, 0.15) is 0 Å². The van der Waals surface area contributed by atoms with Crippen molar-refractivity contribution in [2.75, 3.05) is 19.6 Å². The van der Waals surface area contributed by atoms with Crippen LogP contribution in [-0.2, 0) is 0 Å². The van der Waals surface area contributed by atoms with E-state index < -0.39 is 0 Å². The molecule has 2 nitrogen and oxygen atoms in total. The minimum Gasteiger partial charge on any atom is -0.307 e. The van der Waals surface area contributed by atoms with Crippen LogP contribution in [0.2, 0.25) is 0 Å². The third-order valence-corrected chi connectivity index (χ3v) is 4.44. The molecule has 1 aromatic rings. The lowest BCUT2D eigenvalue weighted by Crippen LogP contribution is -2.60. The van der Waals surface area contributed by atoms with E-state index in [1.54, 1.807) is 0 Å². The van der Waals surface area contributed by atoms with Crippen LogP contribution in [0, 0.1) is 5.92 Å². The second kappa shape index (κ2) is 6.06. The van der Waals surface area contributed by atoms with E-state index in [0.717, 1.165) is 19.0 Å². The number of piperazine rings is 1. The summed E-state index contributed by atoms with van der Waals surface area (Å²) in [4.78, 5) is 2.69. The smallest absolute Gasteiger partial charge is 0.0450 e. The first-order chi connectivity index (χ1) is 9.05. The fourth-order valence-corrected chi connectivity index (χ4v) is 2.95. The zero-order valence-corrected chi connectivity index (χ0v) is 12.8. The van der Waals surface area contributed by atoms with Crippen molar-refractivity contribution in [2.24, 2.45) is 5.92 Å². The second-order valence-electron chi connectivity index (χ2n) is 6.49. The highest BCUT2D eigenvalue weighted by Gasteiger charge is 2.36. The summed E-state index contributed by atoms with van der Waals surface area (Å²) in [5, 5.41) is 3.74. The first-order valence-electron chi connectivity index (χ1n) is 7.58. The summed E-state index contributed by atoms with van der Waals surface area (Å²) in [6.45, 7) is 12.7. The Morgan fingerprint density at radius 1 is 1.32 bits per heavy atom. The van der Waals surface area contributed by atoms with Gasteiger partial charge < -0.3 is 5.32 Å². The molecule has 106 valence electrons. The van der Waals surface area contributed by atoms with E-state index in [-0.39, 0.29) is 0 Å². The zero-order chi connectivity index (χ0) is 13.9. The third kappa shape index (κ3) is 3.37. The van der Waals surface area contributed by atoms with E-state index in [0.29, 0.717) is 11.6 Å². The van der Waals surface area contributed by atoms with Crippen LogP contribution in [0.1, 0.15) is 45.7 Å². The summed E-state index contributed by atoms with van der Waals surface area (Å²) >= 11 is 0. The van der Waals surface area contributed by atoms with Crippen LogP contribution in [0.15, 0.2) is 30.3 Å². The molecule has 2 unspecified atom stereocenters. The van der Waals surface area contributed by atoms with Gasteiger partial charge in [-0.2, -0.15) is 0 Å². The lowest BCUT2D eigenvalue weighted by atomic mass is 9.89. The number of benzene rings is 1. The van der Waals surface area contributed by atoms with Crippen molar-refractivity contribution in [1.82, 2.24) is 10.2 Å². The van der Waals surface area contributed by atoms with Gasteiger partial charge in [0.05, 0.1) is 0 Å². The molecule has 0 spiro atoms. The molecular formula is C17H28N2. The Balaban J connectivity index is 2.13. The molecule has 1 saturated heterocycles. The van der Waals surface area contributed by atoms with Crippen molar-refractivity contribution in [2.45, 2.75) is 45.7 Å². The van der Waals surface area contributed by atoms with Crippen molar-refractivity contribution in [1.29, 1.82) is 0 Å². The highest BCUT2D eigenvalue weighted by Crippen LogP contribution is 2.29. The average molecular weight is 260 g/mol. The molecule has 1 fully saturated rings. The summed E-state index contributed by atoms with van der Waals surface area (Å²) in [5.41, 5.74) is 1.71. The number of hydrogen-bond acceptors (Lipinski definition) is 2. The molecule has 0 bridgehead atoms. The van der Waals surface area contributed by atoms with Crippen molar-refractivity contribution >= 4 is 0 Å². The Labute approximate surface area is 118 Å². The molecular weight excluding hydrogens is 232 g/mol. The molecule has 1 aromatic carbocycles. The predicted molar refractivity (Wildman–Crippen MR) is 82.3 cm³/mol. The van der Waals surface area contributed by atoms with Crippen LogP contribution in [0.4, 0.5) is 0 Å². The largest absolute Gasteiger partial charge is 0.307 e. The monoisotopic (exact) mass is 260 g/mol. The molecule has 0 aromatic heterocycles. The first-order valence-corrected chi connectivity index (χ1v) is 7.58. The summed E-state index contributed by atoms with van der Waals surface area (Å²) in [5.74, 6) is 0.723. The maximum Gasteiger partial charge on any atom is 0.0450 e. The summed E-state index contributed by atoms with van der Waals surface area (Å²) in [6, 6.07) is 11.3. The van der Waals surface area contributed by atoms with Crippen molar-refractivity contribution < 1.29 is 0 Å². The Kier molecular flexibility index (Phi) is 4.64. The number of nitrogens with one attached hydrogen (secondary N) is 1. The molecule has 19 heavy (non-hydrogen) atoms. The van der Waals surface area contributed by atoms with E-state index in [1.807, 2.05) is 0 Å². The maximum atomic E-state index is 3.74. The van der Waals surface area contributed by atoms with Gasteiger partial charge in [0.2, 0.25) is 0 Å². The highest BCUT2D eigenvalue weighted by atomic mass is 15.3. The number of rotatable bonds is 4. The van der Waals surface area contributed by atoms with E-state index in [1.165, 1.54) is 18.5 Å². The standard InChI is InChI=1S/C17H28N2/c1-5-17(4)13-18-16(12-19(17)11-14(2)3)15-9-7-6-8-10-15/h6-10,14,16,18H,5,11-13H2,1-4H3. The minimum atomic E-state index is 0.301. The van der Waals surface area contributed by atoms with Gasteiger partial charge in [-0.1, -0.05) is 51.1 Å². The van der Waals surface area contributed by atoms with E-state index in [2.05, 4.69) is 68.2 Å². The Bertz CT molecular complexity index is 388. The van der Waals surface area contributed by atoms with Crippen LogP contribution >= 0.6 is 0 Å². The van der Waals surface area contributed by atoms with Gasteiger partial charge in [-0.15, -0.1) is 0 Å². The first kappa shape index (κ1) is 14.5. The van der Waals surface area contributed by atoms with Crippen molar-refractivity contribution in [3.63, 3.8) is 0 Å². The molecule has 2 heteroatoms. The van der Waals surface area contributed by atoms with E-state index >= 15 is 0 Å². The SMILES string of the molecule is CCC1(C)CNC(c2ccccc2)CN1CC(C)C. The van der Waals surface area contributed by atoms with Crippen LogP contribution in [0.5, 0.6) is 0 Å². The van der Waals surface area contributed by atoms with E-state index in [4.69, 9.17) is 0 Å². The normalized spacial score (nSPS) is 28.8. The average Bonchev–Trinajstić information content (AvgIpc) is 2.42. The molecule has 0 aliphatic carbocycles. The summed E-state index contributed by atoms with van der Waals surface area (Å²) in [6.07, 6.45) is 1.20. The van der Waals surface area contributed by atoms with Gasteiger partial charge in [-0.05, 0) is 24.8 Å². The van der Waals surface area contributed by atoms with Crippen LogP contribution < -0.4 is 5.32 Å². The lowest BCUT2D eigenvalue weighted by Gasteiger charge is -2.48. The van der Waals surface area contributed by atoms with Gasteiger partial charge in [0, 0.05) is 31.2 Å². The molecule has 2 atom stereocenters. The minimum absolute atomic E-state index is 0.301. The van der Waals surface area contributed by atoms with Crippen LogP contribution in [0.25, 0.3) is 0 Å². The van der Waals surface area contributed by atoms with Crippen LogP contribution in [-0.4, -0.2) is 30.1 Å². The number of hydrogen-bond donors (Lipinski definition) is 1. The van der Waals surface area contributed by atoms with Gasteiger partial charge in [-0.3, -0.25) is 4.90 Å². The molecule has 0 amide bonds. The fraction of sp³-hybridized carbons (Fsp3) is 0.647. The topological polar surface area (TPSA) is 15.3 Å². The summed E-state index contributed by atoms with van der Waals surface area (Å²) in [7, 11) is 0. The lowest BCUT2D eigenvalue weighted by molar-refractivity contribution is 0.0385.